The van der Waals surface area contributed by atoms with Gasteiger partial charge in [0.15, 0.2) is 0 Å². The zero-order chi connectivity index (χ0) is 16.1. The van der Waals surface area contributed by atoms with E-state index in [0.29, 0.717) is 11.3 Å². The third-order valence-electron chi connectivity index (χ3n) is 5.60. The topological polar surface area (TPSA) is 49.3 Å². The molecular weight excluding hydrogens is 318 g/mol. The molecule has 2 aliphatic rings. The lowest BCUT2D eigenvalue weighted by atomic mass is 9.56. The molecule has 0 unspecified atom stereocenters. The van der Waals surface area contributed by atoms with Crippen molar-refractivity contribution in [2.24, 2.45) is 11.3 Å². The molecule has 1 aromatic carbocycles. The van der Waals surface area contributed by atoms with Gasteiger partial charge in [-0.25, -0.2) is 4.98 Å². The van der Waals surface area contributed by atoms with Crippen molar-refractivity contribution >= 4 is 27.2 Å². The van der Waals surface area contributed by atoms with Gasteiger partial charge in [0.25, 0.3) is 0 Å². The van der Waals surface area contributed by atoms with Gasteiger partial charge in [-0.15, -0.1) is 11.3 Å². The van der Waals surface area contributed by atoms with Gasteiger partial charge in [0, 0.05) is 36.6 Å². The number of fused-ring (bicyclic) bond motifs is 1. The Labute approximate surface area is 144 Å². The molecule has 122 valence electrons. The molecule has 1 saturated heterocycles. The van der Waals surface area contributed by atoms with Crippen LogP contribution in [0.5, 0.6) is 0 Å². The second-order valence-electron chi connectivity index (χ2n) is 7.26. The minimum atomic E-state index is -0.369. The molecule has 5 heteroatoms. The summed E-state index contributed by atoms with van der Waals surface area (Å²) in [4.78, 5) is 10.9. The molecule has 1 N–H and O–H groups in total. The van der Waals surface area contributed by atoms with Crippen LogP contribution in [0, 0.1) is 11.3 Å². The number of hydrogen-bond acceptors (Lipinski definition) is 5. The molecule has 1 spiro atoms. The van der Waals surface area contributed by atoms with Crippen LogP contribution < -0.4 is 4.90 Å². The maximum Gasteiger partial charge on any atom is 0.0833 e. The predicted molar refractivity (Wildman–Crippen MR) is 96.2 cm³/mol. The molecule has 0 radical (unpaired) electrons. The molecule has 1 saturated carbocycles. The van der Waals surface area contributed by atoms with Crippen LogP contribution in [-0.4, -0.2) is 28.2 Å². The second-order valence-corrected chi connectivity index (χ2v) is 8.15. The number of anilines is 1. The smallest absolute Gasteiger partial charge is 0.0833 e. The summed E-state index contributed by atoms with van der Waals surface area (Å²) in [6.45, 7) is 2.21. The molecule has 2 fully saturated rings. The Hall–Kier alpha value is -1.98. The van der Waals surface area contributed by atoms with Crippen LogP contribution in [0.2, 0.25) is 0 Å². The molecule has 5 rings (SSSR count). The number of aliphatic hydroxyl groups excluding tert-OH is 1. The SMILES string of the molecule is O[C@H](c1cccnc1)C1CC2(C1)CN(c1ccc3ncsc3c1)C2. The molecule has 24 heavy (non-hydrogen) atoms. The Kier molecular flexibility index (Phi) is 3.15. The second kappa shape index (κ2) is 5.26. The van der Waals surface area contributed by atoms with Crippen molar-refractivity contribution in [1.82, 2.24) is 9.97 Å². The first-order valence-electron chi connectivity index (χ1n) is 8.39. The molecule has 1 aliphatic heterocycles. The molecule has 0 bridgehead atoms. The van der Waals surface area contributed by atoms with Crippen LogP contribution in [0.1, 0.15) is 24.5 Å². The van der Waals surface area contributed by atoms with Crippen molar-refractivity contribution < 1.29 is 5.11 Å². The monoisotopic (exact) mass is 337 g/mol. The van der Waals surface area contributed by atoms with Gasteiger partial charge < -0.3 is 10.0 Å². The van der Waals surface area contributed by atoms with E-state index in [9.17, 15) is 5.11 Å². The zero-order valence-electron chi connectivity index (χ0n) is 13.3. The summed E-state index contributed by atoms with van der Waals surface area (Å²) in [5.41, 5.74) is 5.65. The van der Waals surface area contributed by atoms with Crippen molar-refractivity contribution in [2.45, 2.75) is 18.9 Å². The van der Waals surface area contributed by atoms with Crippen LogP contribution in [0.4, 0.5) is 5.69 Å². The Bertz CT molecular complexity index is 864. The highest BCUT2D eigenvalue weighted by Gasteiger charge is 2.54. The highest BCUT2D eigenvalue weighted by atomic mass is 32.1. The van der Waals surface area contributed by atoms with Crippen LogP contribution in [0.3, 0.4) is 0 Å². The first-order chi connectivity index (χ1) is 11.7. The summed E-state index contributed by atoms with van der Waals surface area (Å²) in [5, 5.41) is 10.5. The average molecular weight is 337 g/mol. The molecule has 3 heterocycles. The summed E-state index contributed by atoms with van der Waals surface area (Å²) in [6, 6.07) is 10.4. The molecule has 1 aliphatic carbocycles. The number of pyridine rings is 1. The summed E-state index contributed by atoms with van der Waals surface area (Å²) in [6.07, 6.45) is 5.40. The Morgan fingerprint density at radius 2 is 2.12 bits per heavy atom. The number of aromatic nitrogens is 2. The lowest BCUT2D eigenvalue weighted by molar-refractivity contribution is -0.0509. The number of thiazole rings is 1. The van der Waals surface area contributed by atoms with Gasteiger partial charge in [-0.3, -0.25) is 4.98 Å². The van der Waals surface area contributed by atoms with Gasteiger partial charge in [0.05, 0.1) is 21.8 Å². The van der Waals surface area contributed by atoms with Gasteiger partial charge in [-0.1, -0.05) is 6.07 Å². The highest BCUT2D eigenvalue weighted by Crippen LogP contribution is 2.56. The third kappa shape index (κ3) is 2.23. The summed E-state index contributed by atoms with van der Waals surface area (Å²) in [7, 11) is 0. The highest BCUT2D eigenvalue weighted by molar-refractivity contribution is 7.16. The van der Waals surface area contributed by atoms with E-state index in [-0.39, 0.29) is 6.10 Å². The number of hydrogen-bond donors (Lipinski definition) is 1. The van der Waals surface area contributed by atoms with Gasteiger partial charge in [-0.2, -0.15) is 0 Å². The van der Waals surface area contributed by atoms with Crippen molar-refractivity contribution in [3.63, 3.8) is 0 Å². The van der Waals surface area contributed by atoms with E-state index in [0.717, 1.165) is 37.0 Å². The summed E-state index contributed by atoms with van der Waals surface area (Å²) >= 11 is 1.70. The quantitative estimate of drug-likeness (QED) is 0.793. The maximum absolute atomic E-state index is 10.5. The van der Waals surface area contributed by atoms with Crippen LogP contribution >= 0.6 is 11.3 Å². The largest absolute Gasteiger partial charge is 0.388 e. The van der Waals surface area contributed by atoms with Gasteiger partial charge in [0.1, 0.15) is 0 Å². The van der Waals surface area contributed by atoms with Crippen LogP contribution in [0.25, 0.3) is 10.2 Å². The van der Waals surface area contributed by atoms with Crippen molar-refractivity contribution in [1.29, 1.82) is 0 Å². The predicted octanol–water partition coefficient (Wildman–Crippen LogP) is 3.64. The van der Waals surface area contributed by atoms with Crippen molar-refractivity contribution in [3.8, 4) is 0 Å². The summed E-state index contributed by atoms with van der Waals surface area (Å²) in [5.74, 6) is 0.375. The molecule has 2 aromatic heterocycles. The molecular formula is C19H19N3OS. The van der Waals surface area contributed by atoms with Gasteiger partial charge in [-0.05, 0) is 48.6 Å². The Balaban J connectivity index is 1.23. The molecule has 3 aromatic rings. The Morgan fingerprint density at radius 3 is 2.92 bits per heavy atom. The fourth-order valence-electron chi connectivity index (χ4n) is 4.34. The number of benzene rings is 1. The maximum atomic E-state index is 10.5. The molecule has 1 atom stereocenters. The van der Waals surface area contributed by atoms with E-state index in [4.69, 9.17) is 0 Å². The van der Waals surface area contributed by atoms with Crippen LogP contribution in [-0.2, 0) is 0 Å². The van der Waals surface area contributed by atoms with Crippen molar-refractivity contribution in [2.75, 3.05) is 18.0 Å². The fraction of sp³-hybridized carbons (Fsp3) is 0.368. The average Bonchev–Trinajstić information content (AvgIpc) is 3.00. The lowest BCUT2D eigenvalue weighted by Gasteiger charge is -2.60. The fourth-order valence-corrected chi connectivity index (χ4v) is 5.05. The van der Waals surface area contributed by atoms with E-state index in [1.54, 1.807) is 23.7 Å². The third-order valence-corrected chi connectivity index (χ3v) is 6.39. The minimum absolute atomic E-state index is 0.369. The molecule has 4 nitrogen and oxygen atoms in total. The number of rotatable bonds is 3. The Morgan fingerprint density at radius 1 is 1.25 bits per heavy atom. The number of aliphatic hydroxyl groups is 1. The van der Waals surface area contributed by atoms with Crippen LogP contribution in [0.15, 0.2) is 48.2 Å². The molecule has 0 amide bonds. The van der Waals surface area contributed by atoms with E-state index in [1.165, 1.54) is 10.4 Å². The van der Waals surface area contributed by atoms with Crippen molar-refractivity contribution in [3.05, 3.63) is 53.8 Å². The van der Waals surface area contributed by atoms with E-state index in [2.05, 4.69) is 33.1 Å². The van der Waals surface area contributed by atoms with E-state index < -0.39 is 0 Å². The van der Waals surface area contributed by atoms with E-state index >= 15 is 0 Å². The standard InChI is InChI=1S/C19H19N3OS/c23-18(13-2-1-5-20-9-13)14-7-19(8-14)10-22(11-19)15-3-4-16-17(6-15)24-12-21-16/h1-6,9,12,14,18,23H,7-8,10-11H2/t18-/m1/s1. The summed E-state index contributed by atoms with van der Waals surface area (Å²) < 4.78 is 1.26. The first kappa shape index (κ1) is 14.4. The number of nitrogens with zero attached hydrogens (tertiary/aromatic N) is 3. The van der Waals surface area contributed by atoms with E-state index in [1.807, 2.05) is 17.6 Å². The normalized spacial score (nSPS) is 20.8. The zero-order valence-corrected chi connectivity index (χ0v) is 14.1. The van der Waals surface area contributed by atoms with Gasteiger partial charge in [0.2, 0.25) is 0 Å². The first-order valence-corrected chi connectivity index (χ1v) is 9.27. The van der Waals surface area contributed by atoms with Gasteiger partial charge >= 0.3 is 0 Å². The lowest BCUT2D eigenvalue weighted by Crippen LogP contribution is -2.63. The minimum Gasteiger partial charge on any atom is -0.388 e.